The fourth-order valence-corrected chi connectivity index (χ4v) is 2.16. The van der Waals surface area contributed by atoms with E-state index in [0.29, 0.717) is 13.0 Å². The predicted octanol–water partition coefficient (Wildman–Crippen LogP) is 2.87. The Labute approximate surface area is 114 Å². The van der Waals surface area contributed by atoms with Crippen molar-refractivity contribution in [3.8, 4) is 0 Å². The number of imidazole rings is 1. The Hall–Kier alpha value is -1.84. The largest absolute Gasteiger partial charge is 0.337 e. The van der Waals surface area contributed by atoms with Crippen molar-refractivity contribution in [2.45, 2.75) is 39.7 Å². The number of fused-ring (bicyclic) bond motifs is 1. The topological polar surface area (TPSA) is 37.6 Å². The molecule has 2 rings (SSSR count). The summed E-state index contributed by atoms with van der Waals surface area (Å²) in [5, 5.41) is 0. The predicted molar refractivity (Wildman–Crippen MR) is 75.8 cm³/mol. The van der Waals surface area contributed by atoms with Crippen LogP contribution in [0, 0.1) is 0 Å². The average Bonchev–Trinajstić information content (AvgIpc) is 2.85. The van der Waals surface area contributed by atoms with Crippen LogP contribution in [0.15, 0.2) is 30.6 Å². The molecule has 0 radical (unpaired) electrons. The number of hydrogen-bond donors (Lipinski definition) is 0. The van der Waals surface area contributed by atoms with Crippen molar-refractivity contribution in [3.63, 3.8) is 0 Å². The van der Waals surface area contributed by atoms with E-state index >= 15 is 0 Å². The average molecular weight is 259 g/mol. The van der Waals surface area contributed by atoms with Crippen molar-refractivity contribution >= 4 is 11.6 Å². The Morgan fingerprint density at radius 1 is 1.37 bits per heavy atom. The summed E-state index contributed by atoms with van der Waals surface area (Å²) >= 11 is 0. The lowest BCUT2D eigenvalue weighted by atomic mass is 10.2. The van der Waals surface area contributed by atoms with Gasteiger partial charge in [0.15, 0.2) is 0 Å². The van der Waals surface area contributed by atoms with Gasteiger partial charge in [-0.25, -0.2) is 4.98 Å². The number of pyridine rings is 1. The smallest absolute Gasteiger partial charge is 0.222 e. The molecular weight excluding hydrogens is 238 g/mol. The lowest BCUT2D eigenvalue weighted by molar-refractivity contribution is -0.131. The molecule has 4 heteroatoms. The van der Waals surface area contributed by atoms with E-state index in [9.17, 15) is 4.79 Å². The summed E-state index contributed by atoms with van der Waals surface area (Å²) in [6.45, 7) is 5.49. The van der Waals surface area contributed by atoms with Crippen LogP contribution in [0.2, 0.25) is 0 Å². The van der Waals surface area contributed by atoms with Crippen LogP contribution in [0.25, 0.3) is 5.65 Å². The van der Waals surface area contributed by atoms with Gasteiger partial charge in [-0.15, -0.1) is 0 Å². The van der Waals surface area contributed by atoms with E-state index in [1.165, 1.54) is 0 Å². The van der Waals surface area contributed by atoms with Gasteiger partial charge in [-0.1, -0.05) is 19.4 Å². The van der Waals surface area contributed by atoms with E-state index in [4.69, 9.17) is 0 Å². The minimum Gasteiger partial charge on any atom is -0.337 e. The minimum atomic E-state index is 0.232. The van der Waals surface area contributed by atoms with Crippen LogP contribution >= 0.6 is 0 Å². The monoisotopic (exact) mass is 259 g/mol. The quantitative estimate of drug-likeness (QED) is 0.800. The number of hydrogen-bond acceptors (Lipinski definition) is 2. The van der Waals surface area contributed by atoms with Crippen LogP contribution in [0.3, 0.4) is 0 Å². The first kappa shape index (κ1) is 13.6. The number of rotatable bonds is 6. The molecule has 0 aromatic carbocycles. The van der Waals surface area contributed by atoms with Crippen LogP contribution in [-0.4, -0.2) is 26.7 Å². The molecule has 0 N–H and O–H groups in total. The third-order valence-electron chi connectivity index (χ3n) is 3.33. The van der Waals surface area contributed by atoms with Crippen LogP contribution < -0.4 is 0 Å². The highest BCUT2D eigenvalue weighted by Crippen LogP contribution is 2.10. The number of aromatic nitrogens is 2. The zero-order valence-electron chi connectivity index (χ0n) is 11.7. The molecule has 4 nitrogen and oxygen atoms in total. The number of amides is 1. The highest BCUT2D eigenvalue weighted by atomic mass is 16.2. The van der Waals surface area contributed by atoms with Gasteiger partial charge in [0.1, 0.15) is 5.65 Å². The summed E-state index contributed by atoms with van der Waals surface area (Å²) in [5.41, 5.74) is 1.98. The van der Waals surface area contributed by atoms with Gasteiger partial charge in [-0.3, -0.25) is 4.79 Å². The first-order valence-corrected chi connectivity index (χ1v) is 6.95. The van der Waals surface area contributed by atoms with Crippen molar-refractivity contribution in [3.05, 3.63) is 36.3 Å². The Bertz CT molecular complexity index is 547. The summed E-state index contributed by atoms with van der Waals surface area (Å²) in [4.78, 5) is 18.3. The fourth-order valence-electron chi connectivity index (χ4n) is 2.16. The van der Waals surface area contributed by atoms with E-state index in [-0.39, 0.29) is 5.91 Å². The van der Waals surface area contributed by atoms with Crippen LogP contribution in [0.5, 0.6) is 0 Å². The molecule has 2 heterocycles. The molecule has 102 valence electrons. The Morgan fingerprint density at radius 2 is 2.21 bits per heavy atom. The van der Waals surface area contributed by atoms with Gasteiger partial charge < -0.3 is 9.30 Å². The van der Waals surface area contributed by atoms with Crippen LogP contribution in [0.1, 0.15) is 38.8 Å². The van der Waals surface area contributed by atoms with Gasteiger partial charge in [0.2, 0.25) is 5.91 Å². The van der Waals surface area contributed by atoms with Crippen molar-refractivity contribution in [1.29, 1.82) is 0 Å². The maximum absolute atomic E-state index is 12.1. The van der Waals surface area contributed by atoms with E-state index in [2.05, 4.69) is 11.9 Å². The molecule has 2 aromatic rings. The second-order valence-corrected chi connectivity index (χ2v) is 4.69. The summed E-state index contributed by atoms with van der Waals surface area (Å²) in [7, 11) is 0. The van der Waals surface area contributed by atoms with E-state index in [1.54, 1.807) is 0 Å². The second-order valence-electron chi connectivity index (χ2n) is 4.69. The zero-order chi connectivity index (χ0) is 13.7. The second kappa shape index (κ2) is 6.36. The summed E-state index contributed by atoms with van der Waals surface area (Å²) in [6.07, 6.45) is 6.50. The maximum Gasteiger partial charge on any atom is 0.222 e. The lowest BCUT2D eigenvalue weighted by Crippen LogP contribution is -2.30. The third kappa shape index (κ3) is 3.13. The molecular formula is C15H21N3O. The molecule has 0 aliphatic heterocycles. The molecule has 0 unspecified atom stereocenters. The van der Waals surface area contributed by atoms with Crippen molar-refractivity contribution in [1.82, 2.24) is 14.3 Å². The minimum absolute atomic E-state index is 0.232. The van der Waals surface area contributed by atoms with Crippen molar-refractivity contribution in [2.24, 2.45) is 0 Å². The molecule has 19 heavy (non-hydrogen) atoms. The molecule has 0 spiro atoms. The van der Waals surface area contributed by atoms with Gasteiger partial charge in [-0.2, -0.15) is 0 Å². The van der Waals surface area contributed by atoms with Crippen LogP contribution in [-0.2, 0) is 11.3 Å². The summed E-state index contributed by atoms with van der Waals surface area (Å²) in [6, 6.07) is 5.92. The molecule has 0 aliphatic carbocycles. The summed E-state index contributed by atoms with van der Waals surface area (Å²) in [5.74, 6) is 0.232. The number of carbonyl (C=O) groups is 1. The molecule has 0 bridgehead atoms. The third-order valence-corrected chi connectivity index (χ3v) is 3.33. The Kier molecular flexibility index (Phi) is 4.55. The standard InChI is InChI=1S/C15H21N3O/c1-3-5-9-15(19)17(4-2)12-13-11-16-14-8-6-7-10-18(13)14/h6-8,10-11H,3-5,9,12H2,1-2H3. The zero-order valence-corrected chi connectivity index (χ0v) is 11.7. The van der Waals surface area contributed by atoms with E-state index in [0.717, 1.165) is 30.7 Å². The molecule has 0 saturated heterocycles. The molecule has 0 saturated carbocycles. The molecule has 2 aromatic heterocycles. The summed E-state index contributed by atoms with van der Waals surface area (Å²) < 4.78 is 2.04. The number of unbranched alkanes of at least 4 members (excludes halogenated alkanes) is 1. The highest BCUT2D eigenvalue weighted by Gasteiger charge is 2.13. The van der Waals surface area contributed by atoms with Crippen LogP contribution in [0.4, 0.5) is 0 Å². The van der Waals surface area contributed by atoms with Gasteiger partial charge in [0.05, 0.1) is 18.4 Å². The Balaban J connectivity index is 2.11. The molecule has 1 amide bonds. The van der Waals surface area contributed by atoms with Gasteiger partial charge in [0, 0.05) is 19.2 Å². The number of carbonyl (C=O) groups excluding carboxylic acids is 1. The first-order valence-electron chi connectivity index (χ1n) is 6.95. The number of nitrogens with zero attached hydrogens (tertiary/aromatic N) is 3. The maximum atomic E-state index is 12.1. The van der Waals surface area contributed by atoms with E-state index in [1.807, 2.05) is 46.8 Å². The molecule has 0 fully saturated rings. The van der Waals surface area contributed by atoms with Crippen molar-refractivity contribution in [2.75, 3.05) is 6.54 Å². The highest BCUT2D eigenvalue weighted by molar-refractivity contribution is 5.76. The SMILES string of the molecule is CCCCC(=O)N(CC)Cc1cnc2ccccn12. The van der Waals surface area contributed by atoms with Gasteiger partial charge in [0.25, 0.3) is 0 Å². The fraction of sp³-hybridized carbons (Fsp3) is 0.467. The van der Waals surface area contributed by atoms with Crippen molar-refractivity contribution < 1.29 is 4.79 Å². The molecule has 0 atom stereocenters. The lowest BCUT2D eigenvalue weighted by Gasteiger charge is -2.20. The first-order chi connectivity index (χ1) is 9.26. The van der Waals surface area contributed by atoms with E-state index < -0.39 is 0 Å². The normalized spacial score (nSPS) is 10.8. The van der Waals surface area contributed by atoms with Gasteiger partial charge >= 0.3 is 0 Å². The Morgan fingerprint density at radius 3 is 2.95 bits per heavy atom. The molecule has 0 aliphatic rings. The van der Waals surface area contributed by atoms with Gasteiger partial charge in [-0.05, 0) is 25.5 Å².